The van der Waals surface area contributed by atoms with Crippen molar-refractivity contribution in [2.45, 2.75) is 18.4 Å². The van der Waals surface area contributed by atoms with Gasteiger partial charge in [0.25, 0.3) is 5.91 Å². The first kappa shape index (κ1) is 8.31. The Labute approximate surface area is 80.7 Å². The highest BCUT2D eigenvalue weighted by atomic mass is 32.2. The van der Waals surface area contributed by atoms with E-state index in [9.17, 15) is 4.79 Å². The molecule has 0 aromatic heterocycles. The number of hydrogen-bond donors (Lipinski definition) is 2. The molecule has 5 heteroatoms. The summed E-state index contributed by atoms with van der Waals surface area (Å²) in [7, 11) is 0. The van der Waals surface area contributed by atoms with Crippen molar-refractivity contribution < 1.29 is 4.79 Å². The van der Waals surface area contributed by atoms with E-state index in [1.807, 2.05) is 11.8 Å². The number of carbonyl (C=O) groups excluding carboxylic acids is 1. The highest BCUT2D eigenvalue weighted by molar-refractivity contribution is 7.99. The van der Waals surface area contributed by atoms with Crippen molar-refractivity contribution in [3.05, 3.63) is 0 Å². The van der Waals surface area contributed by atoms with Gasteiger partial charge in [0.2, 0.25) is 0 Å². The van der Waals surface area contributed by atoms with Crippen LogP contribution in [-0.4, -0.2) is 28.1 Å². The maximum atomic E-state index is 11.5. The molecule has 2 aliphatic heterocycles. The first-order chi connectivity index (χ1) is 5.73. The zero-order valence-electron chi connectivity index (χ0n) is 6.55. The predicted octanol–water partition coefficient (Wildman–Crippen LogP) is 0.256. The number of rotatable bonds is 0. The molecule has 12 heavy (non-hydrogen) atoms. The molecule has 0 saturated carbocycles. The van der Waals surface area contributed by atoms with Crippen LogP contribution >= 0.6 is 24.0 Å². The molecule has 0 aromatic carbocycles. The van der Waals surface area contributed by atoms with E-state index in [0.29, 0.717) is 5.11 Å². The molecule has 1 spiro atoms. The van der Waals surface area contributed by atoms with Crippen LogP contribution in [0.15, 0.2) is 0 Å². The highest BCUT2D eigenvalue weighted by Gasteiger charge is 2.45. The van der Waals surface area contributed by atoms with E-state index in [4.69, 9.17) is 12.2 Å². The molecule has 1 atom stereocenters. The molecule has 2 rings (SSSR count). The minimum Gasteiger partial charge on any atom is -0.347 e. The van der Waals surface area contributed by atoms with E-state index in [1.165, 1.54) is 0 Å². The fourth-order valence-electron chi connectivity index (χ4n) is 1.60. The molecule has 66 valence electrons. The lowest BCUT2D eigenvalue weighted by atomic mass is 9.96. The van der Waals surface area contributed by atoms with Gasteiger partial charge in [0.15, 0.2) is 5.11 Å². The maximum absolute atomic E-state index is 11.5. The fraction of sp³-hybridized carbons (Fsp3) is 0.714. The van der Waals surface area contributed by atoms with Crippen LogP contribution in [0.5, 0.6) is 0 Å². The van der Waals surface area contributed by atoms with Gasteiger partial charge in [-0.15, -0.1) is 0 Å². The molecule has 0 radical (unpaired) electrons. The third-order valence-corrected chi connectivity index (χ3v) is 3.73. The molecule has 1 amide bonds. The van der Waals surface area contributed by atoms with Gasteiger partial charge in [-0.25, -0.2) is 0 Å². The van der Waals surface area contributed by atoms with Crippen LogP contribution in [0.3, 0.4) is 0 Å². The normalized spacial score (nSPS) is 35.0. The van der Waals surface area contributed by atoms with Gasteiger partial charge in [0.1, 0.15) is 5.54 Å². The Bertz CT molecular complexity index is 236. The summed E-state index contributed by atoms with van der Waals surface area (Å²) in [5, 5.41) is 6.20. The highest BCUT2D eigenvalue weighted by Crippen LogP contribution is 2.28. The van der Waals surface area contributed by atoms with Gasteiger partial charge in [-0.3, -0.25) is 4.79 Å². The molecule has 2 fully saturated rings. The van der Waals surface area contributed by atoms with Crippen LogP contribution in [0.2, 0.25) is 0 Å². The minimum atomic E-state index is -0.375. The van der Waals surface area contributed by atoms with Gasteiger partial charge < -0.3 is 10.6 Å². The molecule has 2 heterocycles. The van der Waals surface area contributed by atoms with Crippen molar-refractivity contribution in [1.82, 2.24) is 10.6 Å². The summed E-state index contributed by atoms with van der Waals surface area (Å²) in [4.78, 5) is 11.5. The van der Waals surface area contributed by atoms with E-state index in [1.54, 1.807) is 0 Å². The average molecular weight is 202 g/mol. The first-order valence-corrected chi connectivity index (χ1v) is 5.51. The molecule has 0 aromatic rings. The standard InChI is InChI=1S/C7H10N2OS2/c10-5-7(9-6(11)8-5)2-1-3-12-4-7/h1-4H2,(H2,8,9,10,11). The topological polar surface area (TPSA) is 41.1 Å². The van der Waals surface area contributed by atoms with Crippen LogP contribution in [0.25, 0.3) is 0 Å². The second kappa shape index (κ2) is 2.88. The second-order valence-electron chi connectivity index (χ2n) is 3.15. The zero-order valence-corrected chi connectivity index (χ0v) is 8.19. The number of hydrogen-bond acceptors (Lipinski definition) is 3. The average Bonchev–Trinajstić information content (AvgIpc) is 2.29. The summed E-state index contributed by atoms with van der Waals surface area (Å²) in [5.41, 5.74) is -0.375. The van der Waals surface area contributed by atoms with Gasteiger partial charge in [-0.2, -0.15) is 11.8 Å². The molecular weight excluding hydrogens is 192 g/mol. The smallest absolute Gasteiger partial charge is 0.252 e. The van der Waals surface area contributed by atoms with Gasteiger partial charge >= 0.3 is 0 Å². The van der Waals surface area contributed by atoms with E-state index < -0.39 is 0 Å². The predicted molar refractivity (Wildman–Crippen MR) is 53.2 cm³/mol. The minimum absolute atomic E-state index is 0.0553. The number of amides is 1. The monoisotopic (exact) mass is 202 g/mol. The van der Waals surface area contributed by atoms with Gasteiger partial charge in [0.05, 0.1) is 0 Å². The molecule has 0 aliphatic carbocycles. The summed E-state index contributed by atoms with van der Waals surface area (Å²) in [6, 6.07) is 0. The molecule has 3 nitrogen and oxygen atoms in total. The number of nitrogens with one attached hydrogen (secondary N) is 2. The van der Waals surface area contributed by atoms with Gasteiger partial charge in [0, 0.05) is 5.75 Å². The van der Waals surface area contributed by atoms with Crippen molar-refractivity contribution in [3.8, 4) is 0 Å². The second-order valence-corrected chi connectivity index (χ2v) is 4.66. The Morgan fingerprint density at radius 3 is 2.92 bits per heavy atom. The van der Waals surface area contributed by atoms with E-state index in [0.717, 1.165) is 24.3 Å². The Balaban J connectivity index is 2.18. The summed E-state index contributed by atoms with van der Waals surface area (Å²) in [6.07, 6.45) is 2.00. The van der Waals surface area contributed by atoms with E-state index in [-0.39, 0.29) is 11.4 Å². The molecular formula is C7H10N2OS2. The maximum Gasteiger partial charge on any atom is 0.252 e. The number of thioether (sulfide) groups is 1. The molecule has 1 unspecified atom stereocenters. The molecule has 0 bridgehead atoms. The Kier molecular flexibility index (Phi) is 2.00. The van der Waals surface area contributed by atoms with Crippen LogP contribution in [-0.2, 0) is 4.79 Å². The first-order valence-electron chi connectivity index (χ1n) is 3.94. The van der Waals surface area contributed by atoms with Crippen molar-refractivity contribution in [1.29, 1.82) is 0 Å². The summed E-state index contributed by atoms with van der Waals surface area (Å²) < 4.78 is 0. The summed E-state index contributed by atoms with van der Waals surface area (Å²) in [5.74, 6) is 2.06. The largest absolute Gasteiger partial charge is 0.347 e. The lowest BCUT2D eigenvalue weighted by Crippen LogP contribution is -2.50. The van der Waals surface area contributed by atoms with Gasteiger partial charge in [-0.1, -0.05) is 0 Å². The van der Waals surface area contributed by atoms with Crippen molar-refractivity contribution in [3.63, 3.8) is 0 Å². The fourth-order valence-corrected chi connectivity index (χ4v) is 3.08. The van der Waals surface area contributed by atoms with Crippen LogP contribution < -0.4 is 10.6 Å². The quantitative estimate of drug-likeness (QED) is 0.553. The lowest BCUT2D eigenvalue weighted by Gasteiger charge is -2.29. The van der Waals surface area contributed by atoms with Crippen molar-refractivity contribution in [2.75, 3.05) is 11.5 Å². The molecule has 2 aliphatic rings. The lowest BCUT2D eigenvalue weighted by molar-refractivity contribution is -0.123. The SMILES string of the molecule is O=C1NC(=S)NC12CCCSC2. The Hall–Kier alpha value is -0.290. The van der Waals surface area contributed by atoms with Gasteiger partial charge in [-0.05, 0) is 30.8 Å². The molecule has 2 N–H and O–H groups in total. The zero-order chi connectivity index (χ0) is 8.60. The van der Waals surface area contributed by atoms with Crippen LogP contribution in [0.1, 0.15) is 12.8 Å². The molecule has 2 saturated heterocycles. The van der Waals surface area contributed by atoms with Crippen molar-refractivity contribution >= 4 is 35.0 Å². The van der Waals surface area contributed by atoms with Crippen molar-refractivity contribution in [2.24, 2.45) is 0 Å². The summed E-state index contributed by atoms with van der Waals surface area (Å²) in [6.45, 7) is 0. The van der Waals surface area contributed by atoms with Crippen LogP contribution in [0, 0.1) is 0 Å². The third kappa shape index (κ3) is 1.21. The summed E-state index contributed by atoms with van der Waals surface area (Å²) >= 11 is 6.71. The van der Waals surface area contributed by atoms with E-state index >= 15 is 0 Å². The number of carbonyl (C=O) groups is 1. The third-order valence-electron chi connectivity index (χ3n) is 2.26. The van der Waals surface area contributed by atoms with E-state index in [2.05, 4.69) is 10.6 Å². The Morgan fingerprint density at radius 1 is 1.58 bits per heavy atom. The number of thiocarbonyl (C=S) groups is 1. The van der Waals surface area contributed by atoms with Crippen LogP contribution in [0.4, 0.5) is 0 Å². The Morgan fingerprint density at radius 2 is 2.42 bits per heavy atom.